The molecule has 0 spiro atoms. The molecule has 2 aromatic carbocycles. The van der Waals surface area contributed by atoms with Crippen molar-refractivity contribution in [1.82, 2.24) is 4.57 Å². The zero-order valence-corrected chi connectivity index (χ0v) is 17.3. The van der Waals surface area contributed by atoms with Crippen LogP contribution in [0.5, 0.6) is 5.75 Å². The highest BCUT2D eigenvalue weighted by atomic mass is 16.6. The zero-order valence-electron chi connectivity index (χ0n) is 17.3. The number of aromatic nitrogens is 1. The van der Waals surface area contributed by atoms with E-state index in [9.17, 15) is 9.59 Å². The van der Waals surface area contributed by atoms with E-state index in [0.29, 0.717) is 17.5 Å². The number of methoxy groups -OCH3 is 2. The number of benzene rings is 2. The summed E-state index contributed by atoms with van der Waals surface area (Å²) in [7, 11) is 2.91. The van der Waals surface area contributed by atoms with E-state index >= 15 is 0 Å². The smallest absolute Gasteiger partial charge is 0.419 e. The second-order valence-corrected chi connectivity index (χ2v) is 7.68. The molecular formula is C23H25NO5. The molecule has 1 aromatic heterocycles. The van der Waals surface area contributed by atoms with Crippen LogP contribution < -0.4 is 4.74 Å². The van der Waals surface area contributed by atoms with Gasteiger partial charge in [0.2, 0.25) is 0 Å². The summed E-state index contributed by atoms with van der Waals surface area (Å²) < 4.78 is 17.1. The zero-order chi connectivity index (χ0) is 21.2. The molecule has 0 saturated carbocycles. The molecule has 0 atom stereocenters. The van der Waals surface area contributed by atoms with Gasteiger partial charge in [0.1, 0.15) is 17.0 Å². The monoisotopic (exact) mass is 395 g/mol. The molecule has 152 valence electrons. The second kappa shape index (κ2) is 7.99. The van der Waals surface area contributed by atoms with Crippen LogP contribution in [-0.4, -0.2) is 36.5 Å². The lowest BCUT2D eigenvalue weighted by atomic mass is 10.0. The van der Waals surface area contributed by atoms with Crippen molar-refractivity contribution < 1.29 is 23.8 Å². The maximum Gasteiger partial charge on any atom is 0.419 e. The molecule has 0 amide bonds. The van der Waals surface area contributed by atoms with Gasteiger partial charge in [-0.15, -0.1) is 0 Å². The van der Waals surface area contributed by atoms with Crippen LogP contribution in [0.25, 0.3) is 10.9 Å². The quantitative estimate of drug-likeness (QED) is 0.593. The Morgan fingerprint density at radius 3 is 2.21 bits per heavy atom. The average molecular weight is 395 g/mol. The van der Waals surface area contributed by atoms with E-state index in [1.807, 2.05) is 42.5 Å². The van der Waals surface area contributed by atoms with E-state index in [2.05, 4.69) is 0 Å². The van der Waals surface area contributed by atoms with Crippen molar-refractivity contribution in [3.63, 3.8) is 0 Å². The van der Waals surface area contributed by atoms with Crippen LogP contribution in [-0.2, 0) is 15.9 Å². The van der Waals surface area contributed by atoms with E-state index in [0.717, 1.165) is 16.7 Å². The van der Waals surface area contributed by atoms with Gasteiger partial charge in [-0.25, -0.2) is 14.2 Å². The summed E-state index contributed by atoms with van der Waals surface area (Å²) in [4.78, 5) is 25.7. The lowest BCUT2D eigenvalue weighted by Crippen LogP contribution is -2.29. The molecule has 3 aromatic rings. The van der Waals surface area contributed by atoms with Gasteiger partial charge < -0.3 is 14.2 Å². The van der Waals surface area contributed by atoms with Crippen molar-refractivity contribution in [2.24, 2.45) is 0 Å². The van der Waals surface area contributed by atoms with Gasteiger partial charge in [0.05, 0.1) is 19.7 Å². The number of hydrogen-bond donors (Lipinski definition) is 0. The maximum atomic E-state index is 13.0. The van der Waals surface area contributed by atoms with Gasteiger partial charge in [0, 0.05) is 11.8 Å². The fourth-order valence-corrected chi connectivity index (χ4v) is 3.24. The standard InChI is InChI=1S/C23H25NO5/c1-23(2,3)29-22(26)24-19-9-7-6-8-17(19)18(20(24)21(25)28-5)14-15-10-12-16(27-4)13-11-15/h6-13H,14H2,1-5H3. The Morgan fingerprint density at radius 1 is 0.966 bits per heavy atom. The summed E-state index contributed by atoms with van der Waals surface area (Å²) in [6.07, 6.45) is -0.167. The van der Waals surface area contributed by atoms with Crippen molar-refractivity contribution in [3.05, 3.63) is 65.4 Å². The number of fused-ring (bicyclic) bond motifs is 1. The summed E-state index contributed by atoms with van der Waals surface area (Å²) in [5.74, 6) is 0.161. The molecule has 3 rings (SSSR count). The van der Waals surface area contributed by atoms with Crippen LogP contribution in [0.15, 0.2) is 48.5 Å². The lowest BCUT2D eigenvalue weighted by molar-refractivity contribution is 0.0488. The Labute approximate surface area is 170 Å². The van der Waals surface area contributed by atoms with Gasteiger partial charge >= 0.3 is 12.1 Å². The van der Waals surface area contributed by atoms with Crippen molar-refractivity contribution in [2.45, 2.75) is 32.8 Å². The Balaban J connectivity index is 2.19. The number of ether oxygens (including phenoxy) is 3. The van der Waals surface area contributed by atoms with Crippen molar-refractivity contribution in [1.29, 1.82) is 0 Å². The van der Waals surface area contributed by atoms with Crippen molar-refractivity contribution in [2.75, 3.05) is 14.2 Å². The number of carbonyl (C=O) groups is 2. The Kier molecular flexibility index (Phi) is 5.64. The molecule has 6 heteroatoms. The van der Waals surface area contributed by atoms with Crippen LogP contribution in [0.2, 0.25) is 0 Å². The van der Waals surface area contributed by atoms with E-state index in [1.165, 1.54) is 11.7 Å². The van der Waals surface area contributed by atoms with Gasteiger partial charge in [-0.2, -0.15) is 0 Å². The van der Waals surface area contributed by atoms with Crippen LogP contribution in [0.3, 0.4) is 0 Å². The third-order valence-corrected chi connectivity index (χ3v) is 4.47. The Morgan fingerprint density at radius 2 is 1.62 bits per heavy atom. The molecule has 0 aliphatic carbocycles. The number of nitrogens with zero attached hydrogens (tertiary/aromatic N) is 1. The first kappa shape index (κ1) is 20.5. The first-order valence-corrected chi connectivity index (χ1v) is 9.32. The molecule has 0 saturated heterocycles. The Bertz CT molecular complexity index is 1040. The molecule has 0 N–H and O–H groups in total. The van der Waals surface area contributed by atoms with Gasteiger partial charge in [-0.05, 0) is 50.1 Å². The second-order valence-electron chi connectivity index (χ2n) is 7.68. The molecule has 29 heavy (non-hydrogen) atoms. The number of carbonyl (C=O) groups excluding carboxylic acids is 2. The largest absolute Gasteiger partial charge is 0.497 e. The summed E-state index contributed by atoms with van der Waals surface area (Å²) in [6, 6.07) is 15.0. The van der Waals surface area contributed by atoms with E-state index in [1.54, 1.807) is 33.9 Å². The number of esters is 1. The van der Waals surface area contributed by atoms with Crippen LogP contribution in [0.4, 0.5) is 4.79 Å². The normalized spacial score (nSPS) is 11.3. The van der Waals surface area contributed by atoms with Crippen LogP contribution >= 0.6 is 0 Å². The molecule has 0 aliphatic rings. The van der Waals surface area contributed by atoms with Crippen molar-refractivity contribution in [3.8, 4) is 5.75 Å². The molecule has 0 unspecified atom stereocenters. The molecule has 1 heterocycles. The molecular weight excluding hydrogens is 370 g/mol. The topological polar surface area (TPSA) is 66.8 Å². The number of hydrogen-bond acceptors (Lipinski definition) is 5. The van der Waals surface area contributed by atoms with E-state index in [-0.39, 0.29) is 5.69 Å². The van der Waals surface area contributed by atoms with Crippen LogP contribution in [0.1, 0.15) is 42.4 Å². The summed E-state index contributed by atoms with van der Waals surface area (Å²) in [5, 5.41) is 0.801. The van der Waals surface area contributed by atoms with Crippen molar-refractivity contribution >= 4 is 23.0 Å². The van der Waals surface area contributed by atoms with Gasteiger partial charge in [-0.3, -0.25) is 0 Å². The minimum absolute atomic E-state index is 0.179. The predicted octanol–water partition coefficient (Wildman–Crippen LogP) is 4.81. The molecule has 0 radical (unpaired) electrons. The fraction of sp³-hybridized carbons (Fsp3) is 0.304. The number of rotatable bonds is 4. The minimum Gasteiger partial charge on any atom is -0.497 e. The third kappa shape index (κ3) is 4.26. The highest BCUT2D eigenvalue weighted by molar-refractivity contribution is 6.04. The fourth-order valence-electron chi connectivity index (χ4n) is 3.24. The first-order chi connectivity index (χ1) is 13.7. The maximum absolute atomic E-state index is 13.0. The van der Waals surface area contributed by atoms with Gasteiger partial charge in [0.25, 0.3) is 0 Å². The minimum atomic E-state index is -0.702. The molecule has 0 aliphatic heterocycles. The highest BCUT2D eigenvalue weighted by Gasteiger charge is 2.29. The van der Waals surface area contributed by atoms with E-state index in [4.69, 9.17) is 14.2 Å². The van der Waals surface area contributed by atoms with Crippen LogP contribution in [0, 0.1) is 0 Å². The van der Waals surface area contributed by atoms with Gasteiger partial charge in [-0.1, -0.05) is 30.3 Å². The predicted molar refractivity (Wildman–Crippen MR) is 111 cm³/mol. The SMILES string of the molecule is COC(=O)c1c(Cc2ccc(OC)cc2)c2ccccc2n1C(=O)OC(C)(C)C. The number of para-hydroxylation sites is 1. The summed E-state index contributed by atoms with van der Waals surface area (Å²) in [5.41, 5.74) is 1.77. The Hall–Kier alpha value is -3.28. The highest BCUT2D eigenvalue weighted by Crippen LogP contribution is 2.30. The molecule has 0 fully saturated rings. The summed E-state index contributed by atoms with van der Waals surface area (Å²) >= 11 is 0. The average Bonchev–Trinajstić information content (AvgIpc) is 3.01. The molecule has 6 nitrogen and oxygen atoms in total. The molecule has 0 bridgehead atoms. The third-order valence-electron chi connectivity index (χ3n) is 4.47. The first-order valence-electron chi connectivity index (χ1n) is 9.32. The van der Waals surface area contributed by atoms with Gasteiger partial charge in [0.15, 0.2) is 0 Å². The summed E-state index contributed by atoms with van der Waals surface area (Å²) in [6.45, 7) is 5.35. The van der Waals surface area contributed by atoms with E-state index < -0.39 is 17.7 Å². The lowest BCUT2D eigenvalue weighted by Gasteiger charge is -2.20.